The lowest BCUT2D eigenvalue weighted by Gasteiger charge is -2.23. The Balaban J connectivity index is 2.78. The normalized spacial score (nSPS) is 10.7. The molecule has 0 saturated heterocycles. The average Bonchev–Trinajstić information content (AvgIpc) is 2.38. The molecule has 1 rings (SSSR count). The molecule has 0 amide bonds. The van der Waals surface area contributed by atoms with Crippen molar-refractivity contribution in [1.29, 1.82) is 0 Å². The van der Waals surface area contributed by atoms with Gasteiger partial charge in [0, 0.05) is 36.4 Å². The molecule has 0 spiro atoms. The van der Waals surface area contributed by atoms with Crippen LogP contribution in [-0.2, 0) is 6.54 Å². The minimum absolute atomic E-state index is 0.847. The number of nitrogens with one attached hydrogen (secondary N) is 1. The van der Waals surface area contributed by atoms with Crippen LogP contribution in [0, 0.1) is 0 Å². The number of benzene rings is 1. The van der Waals surface area contributed by atoms with Gasteiger partial charge in [0.2, 0.25) is 0 Å². The molecule has 0 bridgehead atoms. The first-order chi connectivity index (χ1) is 8.70. The molecule has 0 fully saturated rings. The van der Waals surface area contributed by atoms with E-state index in [1.165, 1.54) is 24.1 Å². The molecule has 0 saturated carbocycles. The van der Waals surface area contributed by atoms with Crippen molar-refractivity contribution in [2.75, 3.05) is 25.0 Å². The summed E-state index contributed by atoms with van der Waals surface area (Å²) in [6.07, 6.45) is 3.57. The van der Waals surface area contributed by atoms with Crippen molar-refractivity contribution < 1.29 is 0 Å². The van der Waals surface area contributed by atoms with Crippen molar-refractivity contribution in [3.05, 3.63) is 28.8 Å². The second kappa shape index (κ2) is 8.39. The summed E-state index contributed by atoms with van der Waals surface area (Å²) >= 11 is 6.32. The zero-order chi connectivity index (χ0) is 13.4. The number of hydrogen-bond donors (Lipinski definition) is 1. The maximum Gasteiger partial charge on any atom is 0.0471 e. The molecule has 102 valence electrons. The Morgan fingerprint density at radius 1 is 1.22 bits per heavy atom. The highest BCUT2D eigenvalue weighted by Gasteiger charge is 2.10. The third kappa shape index (κ3) is 4.51. The largest absolute Gasteiger partial charge is 0.374 e. The van der Waals surface area contributed by atoms with Crippen LogP contribution in [0.4, 0.5) is 5.69 Å². The Kier molecular flexibility index (Phi) is 7.14. The van der Waals surface area contributed by atoms with Crippen molar-refractivity contribution in [3.8, 4) is 0 Å². The minimum Gasteiger partial charge on any atom is -0.374 e. The first-order valence-electron chi connectivity index (χ1n) is 6.89. The second-order valence-corrected chi connectivity index (χ2v) is 5.10. The minimum atomic E-state index is 0.847. The summed E-state index contributed by atoms with van der Waals surface area (Å²) < 4.78 is 0. The van der Waals surface area contributed by atoms with Crippen molar-refractivity contribution in [3.63, 3.8) is 0 Å². The van der Waals surface area contributed by atoms with Gasteiger partial charge in [0.05, 0.1) is 0 Å². The number of unbranched alkanes of at least 4 members (excludes halogenated alkanes) is 1. The molecule has 1 N–H and O–H groups in total. The van der Waals surface area contributed by atoms with Crippen LogP contribution in [0.1, 0.15) is 38.7 Å². The van der Waals surface area contributed by atoms with Crippen LogP contribution in [0.3, 0.4) is 0 Å². The molecule has 2 nitrogen and oxygen atoms in total. The number of nitrogens with zero attached hydrogens (tertiary/aromatic N) is 1. The summed E-state index contributed by atoms with van der Waals surface area (Å²) in [4.78, 5) is 2.30. The lowest BCUT2D eigenvalue weighted by molar-refractivity contribution is 0.672. The zero-order valence-corrected chi connectivity index (χ0v) is 12.6. The Labute approximate surface area is 116 Å². The fourth-order valence-corrected chi connectivity index (χ4v) is 2.22. The highest BCUT2D eigenvalue weighted by molar-refractivity contribution is 6.31. The van der Waals surface area contributed by atoms with Crippen LogP contribution in [0.25, 0.3) is 0 Å². The van der Waals surface area contributed by atoms with Gasteiger partial charge < -0.3 is 10.2 Å². The summed E-state index contributed by atoms with van der Waals surface area (Å²) in [7, 11) is 2.14. The van der Waals surface area contributed by atoms with Crippen LogP contribution in [0.5, 0.6) is 0 Å². The Morgan fingerprint density at radius 2 is 2.00 bits per heavy atom. The van der Waals surface area contributed by atoms with Crippen molar-refractivity contribution in [2.45, 2.75) is 39.7 Å². The summed E-state index contributed by atoms with van der Waals surface area (Å²) in [5.41, 5.74) is 2.46. The predicted octanol–water partition coefficient (Wildman–Crippen LogP) is 4.08. The van der Waals surface area contributed by atoms with Gasteiger partial charge in [-0.05, 0) is 31.5 Å². The molecular formula is C15H25ClN2. The lowest BCUT2D eigenvalue weighted by Crippen LogP contribution is -2.22. The average molecular weight is 269 g/mol. The maximum atomic E-state index is 6.32. The summed E-state index contributed by atoms with van der Waals surface area (Å²) in [6.45, 7) is 7.35. The van der Waals surface area contributed by atoms with Crippen LogP contribution < -0.4 is 10.2 Å². The third-order valence-electron chi connectivity index (χ3n) is 3.08. The molecule has 3 heteroatoms. The van der Waals surface area contributed by atoms with E-state index in [4.69, 9.17) is 11.6 Å². The molecule has 0 atom stereocenters. The fourth-order valence-electron chi connectivity index (χ4n) is 1.99. The van der Waals surface area contributed by atoms with E-state index in [9.17, 15) is 0 Å². The molecule has 0 radical (unpaired) electrons. The van der Waals surface area contributed by atoms with Crippen molar-refractivity contribution >= 4 is 17.3 Å². The molecule has 0 aliphatic carbocycles. The van der Waals surface area contributed by atoms with Gasteiger partial charge in [0.25, 0.3) is 0 Å². The van der Waals surface area contributed by atoms with Crippen molar-refractivity contribution in [1.82, 2.24) is 5.32 Å². The highest BCUT2D eigenvalue weighted by atomic mass is 35.5. The standard InChI is InChI=1S/C15H25ClN2/c1-4-6-11-18(3)15-9-7-8-14(16)13(15)12-17-10-5-2/h7-9,17H,4-6,10-12H2,1-3H3. The van der Waals surface area contributed by atoms with Crippen LogP contribution >= 0.6 is 11.6 Å². The number of halogens is 1. The monoisotopic (exact) mass is 268 g/mol. The predicted molar refractivity (Wildman–Crippen MR) is 81.6 cm³/mol. The van der Waals surface area contributed by atoms with Gasteiger partial charge >= 0.3 is 0 Å². The molecule has 1 aromatic carbocycles. The molecular weight excluding hydrogens is 244 g/mol. The molecule has 0 aromatic heterocycles. The molecule has 0 aliphatic rings. The third-order valence-corrected chi connectivity index (χ3v) is 3.44. The van der Waals surface area contributed by atoms with E-state index in [2.05, 4.69) is 37.2 Å². The SMILES string of the molecule is CCCCN(C)c1cccc(Cl)c1CNCCC. The molecule has 1 aromatic rings. The van der Waals surface area contributed by atoms with Gasteiger partial charge in [0.1, 0.15) is 0 Å². The van der Waals surface area contributed by atoms with E-state index in [0.717, 1.165) is 31.1 Å². The Hall–Kier alpha value is -0.730. The Bertz CT molecular complexity index is 352. The van der Waals surface area contributed by atoms with Crippen LogP contribution in [-0.4, -0.2) is 20.1 Å². The van der Waals surface area contributed by atoms with E-state index in [1.54, 1.807) is 0 Å². The van der Waals surface area contributed by atoms with Gasteiger partial charge in [0.15, 0.2) is 0 Å². The van der Waals surface area contributed by atoms with Gasteiger partial charge in [-0.1, -0.05) is 37.9 Å². The van der Waals surface area contributed by atoms with Crippen LogP contribution in [0.15, 0.2) is 18.2 Å². The summed E-state index contributed by atoms with van der Waals surface area (Å²) in [6, 6.07) is 6.16. The van der Waals surface area contributed by atoms with Gasteiger partial charge in [-0.3, -0.25) is 0 Å². The smallest absolute Gasteiger partial charge is 0.0471 e. The number of hydrogen-bond acceptors (Lipinski definition) is 2. The van der Waals surface area contributed by atoms with E-state index in [-0.39, 0.29) is 0 Å². The molecule has 0 aliphatic heterocycles. The van der Waals surface area contributed by atoms with E-state index in [1.807, 2.05) is 12.1 Å². The zero-order valence-electron chi connectivity index (χ0n) is 11.8. The van der Waals surface area contributed by atoms with Gasteiger partial charge in [-0.25, -0.2) is 0 Å². The number of anilines is 1. The summed E-state index contributed by atoms with van der Waals surface area (Å²) in [5, 5.41) is 4.29. The quantitative estimate of drug-likeness (QED) is 0.715. The lowest BCUT2D eigenvalue weighted by atomic mass is 10.1. The topological polar surface area (TPSA) is 15.3 Å². The summed E-state index contributed by atoms with van der Waals surface area (Å²) in [5.74, 6) is 0. The van der Waals surface area contributed by atoms with Gasteiger partial charge in [-0.15, -0.1) is 0 Å². The molecule has 0 unspecified atom stereocenters. The second-order valence-electron chi connectivity index (χ2n) is 4.69. The first kappa shape index (κ1) is 15.3. The molecule has 18 heavy (non-hydrogen) atoms. The van der Waals surface area contributed by atoms with Crippen LogP contribution in [0.2, 0.25) is 5.02 Å². The maximum absolute atomic E-state index is 6.32. The highest BCUT2D eigenvalue weighted by Crippen LogP contribution is 2.27. The number of rotatable bonds is 8. The molecule has 0 heterocycles. The van der Waals surface area contributed by atoms with Gasteiger partial charge in [-0.2, -0.15) is 0 Å². The first-order valence-corrected chi connectivity index (χ1v) is 7.27. The van der Waals surface area contributed by atoms with E-state index < -0.39 is 0 Å². The van der Waals surface area contributed by atoms with E-state index in [0.29, 0.717) is 0 Å². The Morgan fingerprint density at radius 3 is 2.67 bits per heavy atom. The van der Waals surface area contributed by atoms with E-state index >= 15 is 0 Å². The van der Waals surface area contributed by atoms with Crippen molar-refractivity contribution in [2.24, 2.45) is 0 Å². The fraction of sp³-hybridized carbons (Fsp3) is 0.600.